The molecule has 1 aliphatic rings. The largest absolute Gasteiger partial charge is 0.376 e. The second-order valence-corrected chi connectivity index (χ2v) is 7.23. The summed E-state index contributed by atoms with van der Waals surface area (Å²) in [5.41, 5.74) is 0. The molecule has 19 heavy (non-hydrogen) atoms. The number of ether oxygens (including phenoxy) is 1. The molecule has 0 aromatic heterocycles. The number of morpholine rings is 1. The topological polar surface area (TPSA) is 46.6 Å². The quantitative estimate of drug-likeness (QED) is 0.841. The molecule has 0 unspecified atom stereocenters. The first-order valence-electron chi connectivity index (χ1n) is 6.62. The molecule has 5 heteroatoms. The fraction of sp³-hybridized carbons (Fsp3) is 0.571. The summed E-state index contributed by atoms with van der Waals surface area (Å²) in [5.74, 6) is 0.161. The zero-order valence-corrected chi connectivity index (χ0v) is 12.3. The number of rotatable bonds is 4. The molecule has 0 bridgehead atoms. The molecule has 0 aliphatic carbocycles. The number of sulfone groups is 1. The Hall–Kier alpha value is -0.910. The predicted molar refractivity (Wildman–Crippen MR) is 74.9 cm³/mol. The summed E-state index contributed by atoms with van der Waals surface area (Å²) in [7, 11) is -3.18. The van der Waals surface area contributed by atoms with E-state index in [1.165, 1.54) is 0 Å². The minimum atomic E-state index is -3.18. The van der Waals surface area contributed by atoms with Crippen LogP contribution in [0.3, 0.4) is 0 Å². The van der Waals surface area contributed by atoms with Crippen LogP contribution in [0.5, 0.6) is 0 Å². The Morgan fingerprint density at radius 3 is 2.63 bits per heavy atom. The Labute approximate surface area is 115 Å². The van der Waals surface area contributed by atoms with E-state index in [0.29, 0.717) is 18.0 Å². The van der Waals surface area contributed by atoms with E-state index < -0.39 is 9.84 Å². The van der Waals surface area contributed by atoms with Gasteiger partial charge in [0.15, 0.2) is 9.84 Å². The van der Waals surface area contributed by atoms with E-state index in [9.17, 15) is 8.42 Å². The van der Waals surface area contributed by atoms with Crippen LogP contribution in [0.25, 0.3) is 0 Å². The lowest BCUT2D eigenvalue weighted by Crippen LogP contribution is -2.48. The third-order valence-corrected chi connectivity index (χ3v) is 5.20. The van der Waals surface area contributed by atoms with Gasteiger partial charge in [-0.25, -0.2) is 8.42 Å². The van der Waals surface area contributed by atoms with Gasteiger partial charge in [0.25, 0.3) is 0 Å². The molecule has 0 radical (unpaired) electrons. The van der Waals surface area contributed by atoms with Gasteiger partial charge in [-0.3, -0.25) is 4.90 Å². The van der Waals surface area contributed by atoms with Crippen LogP contribution in [0, 0.1) is 0 Å². The van der Waals surface area contributed by atoms with Crippen LogP contribution in [0.15, 0.2) is 35.2 Å². The van der Waals surface area contributed by atoms with Gasteiger partial charge in [0.05, 0.1) is 23.4 Å². The Morgan fingerprint density at radius 1 is 1.26 bits per heavy atom. The van der Waals surface area contributed by atoms with Crippen molar-refractivity contribution in [1.82, 2.24) is 4.90 Å². The van der Waals surface area contributed by atoms with Crippen molar-refractivity contribution in [3.63, 3.8) is 0 Å². The van der Waals surface area contributed by atoms with Crippen LogP contribution < -0.4 is 0 Å². The first-order valence-corrected chi connectivity index (χ1v) is 8.28. The second-order valence-electron chi connectivity index (χ2n) is 5.12. The van der Waals surface area contributed by atoms with Gasteiger partial charge < -0.3 is 4.74 Å². The highest BCUT2D eigenvalue weighted by Crippen LogP contribution is 2.14. The molecular formula is C14H21NO3S. The van der Waals surface area contributed by atoms with Crippen molar-refractivity contribution < 1.29 is 13.2 Å². The van der Waals surface area contributed by atoms with E-state index in [1.54, 1.807) is 24.3 Å². The van der Waals surface area contributed by atoms with Crippen molar-refractivity contribution in [1.29, 1.82) is 0 Å². The number of hydrogen-bond donors (Lipinski definition) is 0. The van der Waals surface area contributed by atoms with Crippen LogP contribution >= 0.6 is 0 Å². The van der Waals surface area contributed by atoms with E-state index in [4.69, 9.17) is 4.74 Å². The number of nitrogens with zero attached hydrogens (tertiary/aromatic N) is 1. The van der Waals surface area contributed by atoms with Gasteiger partial charge >= 0.3 is 0 Å². The molecule has 2 rings (SSSR count). The maximum absolute atomic E-state index is 12.2. The summed E-state index contributed by atoms with van der Waals surface area (Å²) in [6.07, 6.45) is 0.177. The van der Waals surface area contributed by atoms with Gasteiger partial charge in [-0.05, 0) is 26.0 Å². The third kappa shape index (κ3) is 3.78. The van der Waals surface area contributed by atoms with Gasteiger partial charge in [-0.1, -0.05) is 18.2 Å². The highest BCUT2D eigenvalue weighted by Gasteiger charge is 2.25. The van der Waals surface area contributed by atoms with E-state index in [1.807, 2.05) is 13.0 Å². The maximum atomic E-state index is 12.2. The molecule has 1 saturated heterocycles. The molecular weight excluding hydrogens is 262 g/mol. The summed E-state index contributed by atoms with van der Waals surface area (Å²) in [5, 5.41) is 0. The summed E-state index contributed by atoms with van der Waals surface area (Å²) < 4.78 is 30.0. The Balaban J connectivity index is 1.98. The third-order valence-electron chi connectivity index (χ3n) is 3.49. The molecule has 1 aromatic rings. The Kier molecular flexibility index (Phi) is 4.60. The molecule has 4 nitrogen and oxygen atoms in total. The minimum Gasteiger partial charge on any atom is -0.376 e. The lowest BCUT2D eigenvalue weighted by atomic mass is 10.2. The van der Waals surface area contributed by atoms with Crippen molar-refractivity contribution >= 4 is 9.84 Å². The smallest absolute Gasteiger partial charge is 0.179 e. The molecule has 0 N–H and O–H groups in total. The zero-order valence-electron chi connectivity index (χ0n) is 11.5. The maximum Gasteiger partial charge on any atom is 0.179 e. The summed E-state index contributed by atoms with van der Waals surface area (Å²) in [6, 6.07) is 8.92. The monoisotopic (exact) mass is 283 g/mol. The molecule has 0 spiro atoms. The van der Waals surface area contributed by atoms with Crippen molar-refractivity contribution in [3.8, 4) is 0 Å². The molecule has 1 heterocycles. The lowest BCUT2D eigenvalue weighted by molar-refractivity contribution is -0.0469. The lowest BCUT2D eigenvalue weighted by Gasteiger charge is -2.36. The van der Waals surface area contributed by atoms with E-state index in [-0.39, 0.29) is 17.9 Å². The SMILES string of the molecule is C[C@@H]1CN(CCS(=O)(=O)c2ccccc2)[C@H](C)CO1. The normalized spacial score (nSPS) is 25.4. The van der Waals surface area contributed by atoms with Crippen LogP contribution in [-0.4, -0.2) is 50.9 Å². The highest BCUT2D eigenvalue weighted by molar-refractivity contribution is 7.91. The minimum absolute atomic E-state index is 0.161. The summed E-state index contributed by atoms with van der Waals surface area (Å²) in [6.45, 7) is 6.12. The van der Waals surface area contributed by atoms with E-state index >= 15 is 0 Å². The second kappa shape index (κ2) is 6.03. The summed E-state index contributed by atoms with van der Waals surface area (Å²) in [4.78, 5) is 2.60. The van der Waals surface area contributed by atoms with Gasteiger partial charge in [0, 0.05) is 19.1 Å². The van der Waals surface area contributed by atoms with Gasteiger partial charge in [0.1, 0.15) is 0 Å². The van der Waals surface area contributed by atoms with Crippen LogP contribution in [0.4, 0.5) is 0 Å². The molecule has 1 aliphatic heterocycles. The fourth-order valence-electron chi connectivity index (χ4n) is 2.27. The van der Waals surface area contributed by atoms with Crippen molar-refractivity contribution in [2.75, 3.05) is 25.4 Å². The molecule has 1 fully saturated rings. The van der Waals surface area contributed by atoms with E-state index in [0.717, 1.165) is 6.54 Å². The summed E-state index contributed by atoms with van der Waals surface area (Å²) >= 11 is 0. The van der Waals surface area contributed by atoms with Crippen molar-refractivity contribution in [2.45, 2.75) is 30.9 Å². The van der Waals surface area contributed by atoms with Gasteiger partial charge in [-0.2, -0.15) is 0 Å². The van der Waals surface area contributed by atoms with E-state index in [2.05, 4.69) is 11.8 Å². The Morgan fingerprint density at radius 2 is 1.95 bits per heavy atom. The molecule has 2 atom stereocenters. The first kappa shape index (κ1) is 14.5. The molecule has 106 valence electrons. The van der Waals surface area contributed by atoms with Crippen molar-refractivity contribution in [3.05, 3.63) is 30.3 Å². The average Bonchev–Trinajstić information content (AvgIpc) is 2.41. The molecule has 1 aromatic carbocycles. The number of benzene rings is 1. The van der Waals surface area contributed by atoms with Crippen LogP contribution in [0.1, 0.15) is 13.8 Å². The average molecular weight is 283 g/mol. The zero-order chi connectivity index (χ0) is 13.9. The predicted octanol–water partition coefficient (Wildman–Crippen LogP) is 1.57. The van der Waals surface area contributed by atoms with Crippen LogP contribution in [0.2, 0.25) is 0 Å². The fourth-order valence-corrected chi connectivity index (χ4v) is 3.55. The standard InChI is InChI=1S/C14H21NO3S/c1-12-11-18-13(2)10-15(12)8-9-19(16,17)14-6-4-3-5-7-14/h3-7,12-13H,8-11H2,1-2H3/t12-,13-/m1/s1. The van der Waals surface area contributed by atoms with Gasteiger partial charge in [-0.15, -0.1) is 0 Å². The highest BCUT2D eigenvalue weighted by atomic mass is 32.2. The molecule has 0 amide bonds. The van der Waals surface area contributed by atoms with Crippen LogP contribution in [-0.2, 0) is 14.6 Å². The Bertz CT molecular complexity index is 501. The first-order chi connectivity index (χ1) is 8.99. The molecule has 0 saturated carbocycles. The van der Waals surface area contributed by atoms with Crippen molar-refractivity contribution in [2.24, 2.45) is 0 Å². The number of hydrogen-bond acceptors (Lipinski definition) is 4. The van der Waals surface area contributed by atoms with Gasteiger partial charge in [0.2, 0.25) is 0 Å².